The molecule has 1 aliphatic heterocycles. The first-order chi connectivity index (χ1) is 12.4. The van der Waals surface area contributed by atoms with Crippen LogP contribution >= 0.6 is 27.5 Å². The van der Waals surface area contributed by atoms with E-state index in [1.165, 1.54) is 24.3 Å². The van der Waals surface area contributed by atoms with Gasteiger partial charge in [-0.25, -0.2) is 9.37 Å². The molecular weight excluding hydrogens is 437 g/mol. The van der Waals surface area contributed by atoms with Crippen molar-refractivity contribution in [1.29, 1.82) is 0 Å². The summed E-state index contributed by atoms with van der Waals surface area (Å²) < 4.78 is 46.0. The van der Waals surface area contributed by atoms with E-state index in [1.807, 2.05) is 0 Å². The first-order valence-electron chi connectivity index (χ1n) is 7.65. The fourth-order valence-electron chi connectivity index (χ4n) is 3.38. The van der Waals surface area contributed by atoms with E-state index in [2.05, 4.69) is 25.7 Å². The third-order valence-electron chi connectivity index (χ3n) is 4.38. The summed E-state index contributed by atoms with van der Waals surface area (Å²) in [6.45, 7) is -3.01. The van der Waals surface area contributed by atoms with Crippen molar-refractivity contribution in [3.05, 3.63) is 57.0 Å². The van der Waals surface area contributed by atoms with Crippen LogP contribution in [-0.2, 0) is 0 Å². The van der Waals surface area contributed by atoms with E-state index in [1.54, 1.807) is 10.6 Å². The Morgan fingerprint density at radius 2 is 2.12 bits per heavy atom. The predicted molar refractivity (Wildman–Crippen MR) is 93.2 cm³/mol. The Hall–Kier alpha value is -1.77. The van der Waals surface area contributed by atoms with E-state index >= 15 is 0 Å². The Morgan fingerprint density at radius 1 is 1.35 bits per heavy atom. The molecule has 0 spiro atoms. The van der Waals surface area contributed by atoms with Crippen LogP contribution in [0.5, 0.6) is 5.75 Å². The van der Waals surface area contributed by atoms with Gasteiger partial charge in [0.05, 0.1) is 21.5 Å². The lowest BCUT2D eigenvalue weighted by Crippen LogP contribution is -2.11. The molecule has 0 saturated heterocycles. The highest BCUT2D eigenvalue weighted by atomic mass is 79.9. The summed E-state index contributed by atoms with van der Waals surface area (Å²) in [4.78, 5) is 4.29. The number of fused-ring (bicyclic) bond motifs is 3. The molecule has 1 aliphatic rings. The van der Waals surface area contributed by atoms with Gasteiger partial charge in [0.25, 0.3) is 0 Å². The van der Waals surface area contributed by atoms with Crippen LogP contribution < -0.4 is 4.74 Å². The number of hydrogen-bond donors (Lipinski definition) is 1. The lowest BCUT2D eigenvalue weighted by molar-refractivity contribution is -0.0507. The zero-order valence-electron chi connectivity index (χ0n) is 13.0. The minimum atomic E-state index is -3.01. The van der Waals surface area contributed by atoms with Gasteiger partial charge >= 0.3 is 6.61 Å². The van der Waals surface area contributed by atoms with Crippen LogP contribution in [0.3, 0.4) is 0 Å². The second-order valence-corrected chi connectivity index (χ2v) is 7.15. The van der Waals surface area contributed by atoms with Gasteiger partial charge in [-0.2, -0.15) is 8.78 Å². The maximum Gasteiger partial charge on any atom is 0.387 e. The van der Waals surface area contributed by atoms with E-state index < -0.39 is 24.6 Å². The number of rotatable bonds is 3. The van der Waals surface area contributed by atoms with E-state index in [-0.39, 0.29) is 21.7 Å². The molecule has 2 aromatic carbocycles. The van der Waals surface area contributed by atoms with E-state index in [4.69, 9.17) is 11.6 Å². The zero-order chi connectivity index (χ0) is 18.6. The Morgan fingerprint density at radius 3 is 2.85 bits per heavy atom. The molecule has 1 N–H and O–H groups in total. The van der Waals surface area contributed by atoms with E-state index in [0.717, 1.165) is 0 Å². The third kappa shape index (κ3) is 2.76. The van der Waals surface area contributed by atoms with Gasteiger partial charge in [0.15, 0.2) is 0 Å². The van der Waals surface area contributed by atoms with Gasteiger partial charge in [0.1, 0.15) is 23.5 Å². The summed E-state index contributed by atoms with van der Waals surface area (Å²) in [6.07, 6.45) is -0.749. The van der Waals surface area contributed by atoms with Crippen molar-refractivity contribution in [3.8, 4) is 5.75 Å². The molecule has 0 saturated carbocycles. The van der Waals surface area contributed by atoms with Crippen LogP contribution in [0.2, 0.25) is 5.02 Å². The zero-order valence-corrected chi connectivity index (χ0v) is 15.3. The number of hydrogen-bond acceptors (Lipinski definition) is 3. The van der Waals surface area contributed by atoms with E-state index in [0.29, 0.717) is 22.4 Å². The van der Waals surface area contributed by atoms with Crippen LogP contribution in [-0.4, -0.2) is 21.3 Å². The molecular formula is C17H11BrClF3N2O2. The highest BCUT2D eigenvalue weighted by Crippen LogP contribution is 2.46. The maximum absolute atomic E-state index is 13.8. The number of ether oxygens (including phenoxy) is 1. The van der Waals surface area contributed by atoms with Crippen molar-refractivity contribution < 1.29 is 23.0 Å². The highest BCUT2D eigenvalue weighted by molar-refractivity contribution is 9.10. The van der Waals surface area contributed by atoms with Crippen molar-refractivity contribution in [2.45, 2.75) is 25.2 Å². The van der Waals surface area contributed by atoms with Gasteiger partial charge in [-0.1, -0.05) is 17.7 Å². The van der Waals surface area contributed by atoms with Crippen LogP contribution in [0.4, 0.5) is 13.2 Å². The Balaban J connectivity index is 1.94. The van der Waals surface area contributed by atoms with Crippen LogP contribution in [0, 0.1) is 5.82 Å². The third-order valence-corrected chi connectivity index (χ3v) is 5.31. The molecule has 3 aromatic rings. The lowest BCUT2D eigenvalue weighted by Gasteiger charge is -2.20. The van der Waals surface area contributed by atoms with Crippen molar-refractivity contribution in [3.63, 3.8) is 0 Å². The summed E-state index contributed by atoms with van der Waals surface area (Å²) in [5.41, 5.74) is 1.23. The van der Waals surface area contributed by atoms with Crippen molar-refractivity contribution >= 4 is 38.6 Å². The Kier molecular flexibility index (Phi) is 4.37. The molecule has 0 amide bonds. The van der Waals surface area contributed by atoms with Crippen LogP contribution in [0.25, 0.3) is 11.0 Å². The largest absolute Gasteiger partial charge is 0.434 e. The first-order valence-corrected chi connectivity index (χ1v) is 8.82. The second kappa shape index (κ2) is 6.44. The van der Waals surface area contributed by atoms with Crippen molar-refractivity contribution in [2.24, 2.45) is 0 Å². The van der Waals surface area contributed by atoms with Gasteiger partial charge in [0.2, 0.25) is 0 Å². The molecule has 26 heavy (non-hydrogen) atoms. The standard InChI is InChI=1S/C17H11BrClF3N2O2/c18-7-4-11-10(5-9(7)20)23-16-13(25)6-12(24(11)16)15-8(19)2-1-3-14(15)26-17(21)22/h1-5,12-13,17,25H,6H2/t12-,13?/m1/s1. The maximum atomic E-state index is 13.8. The van der Waals surface area contributed by atoms with Gasteiger partial charge in [0, 0.05) is 23.1 Å². The number of aliphatic hydroxyl groups is 1. The topological polar surface area (TPSA) is 47.3 Å². The molecule has 0 bridgehead atoms. The molecule has 9 heteroatoms. The summed E-state index contributed by atoms with van der Waals surface area (Å²) >= 11 is 9.41. The quantitative estimate of drug-likeness (QED) is 0.599. The fourth-order valence-corrected chi connectivity index (χ4v) is 4.00. The van der Waals surface area contributed by atoms with Gasteiger partial charge < -0.3 is 14.4 Å². The monoisotopic (exact) mass is 446 g/mol. The number of nitrogens with zero attached hydrogens (tertiary/aromatic N) is 2. The Labute approximate surface area is 159 Å². The molecule has 2 atom stereocenters. The summed E-state index contributed by atoms with van der Waals surface area (Å²) in [7, 11) is 0. The lowest BCUT2D eigenvalue weighted by atomic mass is 10.0. The first kappa shape index (κ1) is 17.6. The SMILES string of the molecule is OC1C[C@H](c2c(Cl)cccc2OC(F)F)n2c1nc1cc(F)c(Br)cc12. The predicted octanol–water partition coefficient (Wildman–Crippen LogP) is 5.22. The van der Waals surface area contributed by atoms with Crippen molar-refractivity contribution in [1.82, 2.24) is 9.55 Å². The average Bonchev–Trinajstić information content (AvgIpc) is 3.06. The molecule has 2 heterocycles. The second-order valence-electron chi connectivity index (χ2n) is 5.89. The summed E-state index contributed by atoms with van der Waals surface area (Å²) in [6, 6.07) is 6.67. The normalized spacial score (nSPS) is 19.3. The van der Waals surface area contributed by atoms with Crippen molar-refractivity contribution in [2.75, 3.05) is 0 Å². The minimum Gasteiger partial charge on any atom is -0.434 e. The van der Waals surface area contributed by atoms with E-state index in [9.17, 15) is 18.3 Å². The van der Waals surface area contributed by atoms with Crippen LogP contribution in [0.1, 0.15) is 30.0 Å². The molecule has 1 unspecified atom stereocenters. The fraction of sp³-hybridized carbons (Fsp3) is 0.235. The summed E-state index contributed by atoms with van der Waals surface area (Å²) in [5.74, 6) is -0.231. The highest BCUT2D eigenvalue weighted by Gasteiger charge is 2.37. The molecule has 4 nitrogen and oxygen atoms in total. The smallest absolute Gasteiger partial charge is 0.387 e. The number of benzene rings is 2. The average molecular weight is 448 g/mol. The Bertz CT molecular complexity index is 1010. The number of imidazole rings is 1. The number of aromatic nitrogens is 2. The molecule has 0 radical (unpaired) electrons. The number of halogens is 5. The van der Waals surface area contributed by atoms with Crippen LogP contribution in [0.15, 0.2) is 34.8 Å². The minimum absolute atomic E-state index is 0.0689. The molecule has 0 aliphatic carbocycles. The molecule has 136 valence electrons. The number of aliphatic hydroxyl groups excluding tert-OH is 1. The van der Waals surface area contributed by atoms with Gasteiger partial charge in [-0.3, -0.25) is 0 Å². The van der Waals surface area contributed by atoms with Gasteiger partial charge in [-0.05, 0) is 34.1 Å². The molecule has 0 fully saturated rings. The molecule has 1 aromatic heterocycles. The number of alkyl halides is 2. The molecule has 4 rings (SSSR count). The summed E-state index contributed by atoms with van der Waals surface area (Å²) in [5, 5.41) is 10.6. The van der Waals surface area contributed by atoms with Gasteiger partial charge in [-0.15, -0.1) is 0 Å².